The highest BCUT2D eigenvalue weighted by atomic mass is 16.5. The normalized spacial score (nSPS) is 14.5. The zero-order valence-corrected chi connectivity index (χ0v) is 12.6. The molecular formula is C14H26N4O. The summed E-state index contributed by atoms with van der Waals surface area (Å²) in [5, 5.41) is 3.32. The summed E-state index contributed by atoms with van der Waals surface area (Å²) in [6.07, 6.45) is 2.75. The second-order valence-electron chi connectivity index (χ2n) is 5.87. The largest absolute Gasteiger partial charge is 0.475 e. The monoisotopic (exact) mass is 266 g/mol. The fourth-order valence-electron chi connectivity index (χ4n) is 2.07. The predicted molar refractivity (Wildman–Crippen MR) is 78.3 cm³/mol. The van der Waals surface area contributed by atoms with Gasteiger partial charge in [0.2, 0.25) is 11.8 Å². The number of ether oxygens (including phenoxy) is 1. The van der Waals surface area contributed by atoms with E-state index in [0.717, 1.165) is 6.42 Å². The lowest BCUT2D eigenvalue weighted by Crippen LogP contribution is -2.44. The van der Waals surface area contributed by atoms with Crippen molar-refractivity contribution in [2.75, 3.05) is 11.9 Å². The maximum absolute atomic E-state index is 5.87. The van der Waals surface area contributed by atoms with Gasteiger partial charge < -0.3 is 15.8 Å². The molecule has 0 spiro atoms. The van der Waals surface area contributed by atoms with Crippen molar-refractivity contribution in [1.82, 2.24) is 9.97 Å². The molecular weight excluding hydrogens is 240 g/mol. The summed E-state index contributed by atoms with van der Waals surface area (Å²) in [5.41, 5.74) is 5.67. The summed E-state index contributed by atoms with van der Waals surface area (Å²) in [6, 6.07) is 1.76. The van der Waals surface area contributed by atoms with Gasteiger partial charge in [-0.3, -0.25) is 0 Å². The molecule has 19 heavy (non-hydrogen) atoms. The van der Waals surface area contributed by atoms with Crippen LogP contribution in [0, 0.1) is 5.92 Å². The van der Waals surface area contributed by atoms with Crippen LogP contribution in [0.3, 0.4) is 0 Å². The van der Waals surface area contributed by atoms with Gasteiger partial charge in [0.25, 0.3) is 0 Å². The minimum absolute atomic E-state index is 0.0966. The smallest absolute Gasteiger partial charge is 0.226 e. The van der Waals surface area contributed by atoms with Gasteiger partial charge in [-0.25, -0.2) is 4.98 Å². The minimum atomic E-state index is -0.204. The number of hydrogen-bond donors (Lipinski definition) is 2. The SMILES string of the molecule is CC(C)CC(C)(CN)Nc1nccc(OC(C)C)n1. The molecule has 1 rings (SSSR count). The molecule has 1 atom stereocenters. The molecule has 1 unspecified atom stereocenters. The molecule has 1 heterocycles. The van der Waals surface area contributed by atoms with E-state index >= 15 is 0 Å². The maximum Gasteiger partial charge on any atom is 0.226 e. The van der Waals surface area contributed by atoms with Crippen molar-refractivity contribution >= 4 is 5.95 Å². The van der Waals surface area contributed by atoms with Gasteiger partial charge in [-0.2, -0.15) is 4.98 Å². The van der Waals surface area contributed by atoms with E-state index in [0.29, 0.717) is 24.3 Å². The zero-order chi connectivity index (χ0) is 14.5. The van der Waals surface area contributed by atoms with Crippen LogP contribution in [-0.2, 0) is 0 Å². The fraction of sp³-hybridized carbons (Fsp3) is 0.714. The van der Waals surface area contributed by atoms with Crippen molar-refractivity contribution in [3.8, 4) is 5.88 Å². The highest BCUT2D eigenvalue weighted by Gasteiger charge is 2.24. The number of nitrogens with one attached hydrogen (secondary N) is 1. The quantitative estimate of drug-likeness (QED) is 0.793. The van der Waals surface area contributed by atoms with E-state index in [4.69, 9.17) is 10.5 Å². The molecule has 0 aliphatic heterocycles. The van der Waals surface area contributed by atoms with Crippen LogP contribution >= 0.6 is 0 Å². The summed E-state index contributed by atoms with van der Waals surface area (Å²) in [6.45, 7) is 10.9. The molecule has 0 saturated carbocycles. The Morgan fingerprint density at radius 1 is 1.37 bits per heavy atom. The average Bonchev–Trinajstić information content (AvgIpc) is 2.27. The van der Waals surface area contributed by atoms with Crippen molar-refractivity contribution < 1.29 is 4.74 Å². The van der Waals surface area contributed by atoms with E-state index in [1.54, 1.807) is 12.3 Å². The molecule has 0 amide bonds. The Hall–Kier alpha value is -1.36. The maximum atomic E-state index is 5.87. The zero-order valence-electron chi connectivity index (χ0n) is 12.6. The van der Waals surface area contributed by atoms with Gasteiger partial charge in [0.1, 0.15) is 0 Å². The first-order chi connectivity index (χ1) is 8.84. The van der Waals surface area contributed by atoms with Gasteiger partial charge >= 0.3 is 0 Å². The number of rotatable bonds is 7. The Bertz CT molecular complexity index is 395. The van der Waals surface area contributed by atoms with Crippen LogP contribution in [0.1, 0.15) is 41.0 Å². The fourth-order valence-corrected chi connectivity index (χ4v) is 2.07. The van der Waals surface area contributed by atoms with Crippen LogP contribution < -0.4 is 15.8 Å². The molecule has 0 aromatic carbocycles. The molecule has 1 aromatic rings. The average molecular weight is 266 g/mol. The van der Waals surface area contributed by atoms with Crippen LogP contribution in [0.15, 0.2) is 12.3 Å². The topological polar surface area (TPSA) is 73.1 Å². The Morgan fingerprint density at radius 2 is 2.05 bits per heavy atom. The van der Waals surface area contributed by atoms with Crippen molar-refractivity contribution in [2.45, 2.75) is 52.7 Å². The summed E-state index contributed by atoms with van der Waals surface area (Å²) in [4.78, 5) is 8.58. The first kappa shape index (κ1) is 15.7. The molecule has 1 aromatic heterocycles. The van der Waals surface area contributed by atoms with E-state index in [9.17, 15) is 0 Å². The van der Waals surface area contributed by atoms with E-state index in [1.165, 1.54) is 0 Å². The van der Waals surface area contributed by atoms with Gasteiger partial charge in [0, 0.05) is 24.3 Å². The number of hydrogen-bond acceptors (Lipinski definition) is 5. The Balaban J connectivity index is 2.79. The van der Waals surface area contributed by atoms with Crippen LogP contribution in [0.4, 0.5) is 5.95 Å². The van der Waals surface area contributed by atoms with Gasteiger partial charge in [-0.15, -0.1) is 0 Å². The number of nitrogens with zero attached hydrogens (tertiary/aromatic N) is 2. The van der Waals surface area contributed by atoms with Crippen molar-refractivity contribution in [3.05, 3.63) is 12.3 Å². The first-order valence-electron chi connectivity index (χ1n) is 6.82. The van der Waals surface area contributed by atoms with Gasteiger partial charge in [-0.05, 0) is 33.1 Å². The molecule has 5 nitrogen and oxygen atoms in total. The predicted octanol–water partition coefficient (Wildman–Crippen LogP) is 2.44. The molecule has 3 N–H and O–H groups in total. The van der Waals surface area contributed by atoms with Crippen molar-refractivity contribution in [1.29, 1.82) is 0 Å². The van der Waals surface area contributed by atoms with Gasteiger partial charge in [-0.1, -0.05) is 13.8 Å². The van der Waals surface area contributed by atoms with Gasteiger partial charge in [0.15, 0.2) is 0 Å². The van der Waals surface area contributed by atoms with Gasteiger partial charge in [0.05, 0.1) is 6.10 Å². The number of nitrogens with two attached hydrogens (primary N) is 1. The Labute approximate surface area is 116 Å². The number of aromatic nitrogens is 2. The molecule has 0 bridgehead atoms. The minimum Gasteiger partial charge on any atom is -0.475 e. The third kappa shape index (κ3) is 5.42. The summed E-state index contributed by atoms with van der Waals surface area (Å²) < 4.78 is 5.56. The van der Waals surface area contributed by atoms with Crippen LogP contribution in [0.25, 0.3) is 0 Å². The highest BCUT2D eigenvalue weighted by molar-refractivity contribution is 5.31. The molecule has 0 aliphatic carbocycles. The van der Waals surface area contributed by atoms with Crippen molar-refractivity contribution in [2.24, 2.45) is 11.7 Å². The molecule has 5 heteroatoms. The second-order valence-corrected chi connectivity index (χ2v) is 5.87. The highest BCUT2D eigenvalue weighted by Crippen LogP contribution is 2.20. The number of anilines is 1. The van der Waals surface area contributed by atoms with E-state index in [2.05, 4.69) is 36.1 Å². The lowest BCUT2D eigenvalue weighted by Gasteiger charge is -2.31. The third-order valence-electron chi connectivity index (χ3n) is 2.71. The third-order valence-corrected chi connectivity index (χ3v) is 2.71. The molecule has 0 radical (unpaired) electrons. The lowest BCUT2D eigenvalue weighted by atomic mass is 9.91. The summed E-state index contributed by atoms with van der Waals surface area (Å²) in [7, 11) is 0. The second kappa shape index (κ2) is 6.70. The Kier molecular flexibility index (Phi) is 5.54. The van der Waals surface area contributed by atoms with Crippen molar-refractivity contribution in [3.63, 3.8) is 0 Å². The van der Waals surface area contributed by atoms with Crippen LogP contribution in [-0.4, -0.2) is 28.2 Å². The van der Waals surface area contributed by atoms with E-state index in [1.807, 2.05) is 13.8 Å². The molecule has 108 valence electrons. The summed E-state index contributed by atoms with van der Waals surface area (Å²) >= 11 is 0. The van der Waals surface area contributed by atoms with E-state index < -0.39 is 0 Å². The molecule has 0 aliphatic rings. The van der Waals surface area contributed by atoms with E-state index in [-0.39, 0.29) is 11.6 Å². The Morgan fingerprint density at radius 3 is 2.58 bits per heavy atom. The standard InChI is InChI=1S/C14H26N4O/c1-10(2)8-14(5,9-15)18-13-16-7-6-12(17-13)19-11(3)4/h6-7,10-11H,8-9,15H2,1-5H3,(H,16,17,18). The first-order valence-corrected chi connectivity index (χ1v) is 6.82. The van der Waals surface area contributed by atoms with Crippen LogP contribution in [0.2, 0.25) is 0 Å². The molecule has 0 fully saturated rings. The summed E-state index contributed by atoms with van der Waals surface area (Å²) in [5.74, 6) is 1.69. The molecule has 0 saturated heterocycles. The van der Waals surface area contributed by atoms with Crippen LogP contribution in [0.5, 0.6) is 5.88 Å². The lowest BCUT2D eigenvalue weighted by molar-refractivity contribution is 0.232.